The molecule has 168 valence electrons. The number of carbonyl (C=O) groups excluding carboxylic acids is 2. The zero-order valence-electron chi connectivity index (χ0n) is 18.0. The van der Waals surface area contributed by atoms with E-state index in [2.05, 4.69) is 10.3 Å². The Morgan fingerprint density at radius 1 is 1.16 bits per heavy atom. The number of esters is 1. The highest BCUT2D eigenvalue weighted by atomic mass is 35.5. The molecular weight excluding hydrogens is 434 g/mol. The number of carbonyl (C=O) groups is 2. The van der Waals surface area contributed by atoms with Gasteiger partial charge in [-0.25, -0.2) is 9.78 Å². The number of hydrogen-bond acceptors (Lipinski definition) is 6. The maximum Gasteiger partial charge on any atom is 0.329 e. The first kappa shape index (κ1) is 23.3. The van der Waals surface area contributed by atoms with E-state index in [0.717, 1.165) is 0 Å². The van der Waals surface area contributed by atoms with Gasteiger partial charge in [0, 0.05) is 17.8 Å². The van der Waals surface area contributed by atoms with Gasteiger partial charge in [-0.2, -0.15) is 0 Å². The molecule has 1 atom stereocenters. The second kappa shape index (κ2) is 10.3. The van der Waals surface area contributed by atoms with Crippen molar-refractivity contribution in [3.8, 4) is 5.75 Å². The minimum atomic E-state index is -0.866. The van der Waals surface area contributed by atoms with Crippen LogP contribution in [0.1, 0.15) is 36.8 Å². The van der Waals surface area contributed by atoms with Crippen molar-refractivity contribution in [2.24, 2.45) is 5.92 Å². The monoisotopic (exact) mass is 457 g/mol. The van der Waals surface area contributed by atoms with Crippen molar-refractivity contribution in [1.82, 2.24) is 14.7 Å². The summed E-state index contributed by atoms with van der Waals surface area (Å²) in [5.41, 5.74) is 0.741. The molecule has 2 aromatic heterocycles. The molecule has 0 aliphatic carbocycles. The van der Waals surface area contributed by atoms with Gasteiger partial charge in [0.1, 0.15) is 24.0 Å². The molecule has 8 nitrogen and oxygen atoms in total. The second-order valence-corrected chi connectivity index (χ2v) is 7.86. The Kier molecular flexibility index (Phi) is 7.48. The Hall–Kier alpha value is -3.39. The quantitative estimate of drug-likeness (QED) is 0.521. The first-order valence-corrected chi connectivity index (χ1v) is 10.5. The molecule has 0 bridgehead atoms. The molecule has 0 aliphatic rings. The molecule has 0 aliphatic heterocycles. The number of aromatic nitrogens is 2. The Morgan fingerprint density at radius 3 is 2.53 bits per heavy atom. The number of nitrogens with one attached hydrogen (secondary N) is 1. The Bertz CT molecular complexity index is 1170. The number of ether oxygens (including phenoxy) is 2. The number of pyridine rings is 1. The van der Waals surface area contributed by atoms with Crippen molar-refractivity contribution in [1.29, 1.82) is 0 Å². The summed E-state index contributed by atoms with van der Waals surface area (Å²) >= 11 is 5.91. The molecule has 0 spiro atoms. The van der Waals surface area contributed by atoms with E-state index >= 15 is 0 Å². The average molecular weight is 458 g/mol. The first-order chi connectivity index (χ1) is 15.3. The SMILES string of the molecule is CCOc1ccc(C(=O)N[C@H](C(=O)OCc2cc(=O)n3cc(Cl)ccc3n2)C(C)C)cc1. The summed E-state index contributed by atoms with van der Waals surface area (Å²) in [5.74, 6) is -0.573. The van der Waals surface area contributed by atoms with Gasteiger partial charge < -0.3 is 14.8 Å². The molecule has 3 aromatic rings. The van der Waals surface area contributed by atoms with E-state index in [4.69, 9.17) is 21.1 Å². The predicted molar refractivity (Wildman–Crippen MR) is 120 cm³/mol. The van der Waals surface area contributed by atoms with E-state index in [-0.39, 0.29) is 18.1 Å². The van der Waals surface area contributed by atoms with Gasteiger partial charge in [0.25, 0.3) is 11.5 Å². The summed E-state index contributed by atoms with van der Waals surface area (Å²) in [5, 5.41) is 3.12. The van der Waals surface area contributed by atoms with Gasteiger partial charge in [0.2, 0.25) is 0 Å². The third-order valence-corrected chi connectivity index (χ3v) is 4.90. The molecule has 32 heavy (non-hydrogen) atoms. The summed E-state index contributed by atoms with van der Waals surface area (Å²) in [6.07, 6.45) is 1.47. The van der Waals surface area contributed by atoms with Gasteiger partial charge in [-0.15, -0.1) is 0 Å². The molecule has 0 unspecified atom stereocenters. The second-order valence-electron chi connectivity index (χ2n) is 7.42. The molecule has 0 saturated heterocycles. The molecule has 3 rings (SSSR count). The third kappa shape index (κ3) is 5.64. The van der Waals surface area contributed by atoms with E-state index in [0.29, 0.717) is 34.3 Å². The van der Waals surface area contributed by atoms with Crippen LogP contribution in [0.25, 0.3) is 5.65 Å². The van der Waals surface area contributed by atoms with E-state index < -0.39 is 17.9 Å². The normalized spacial score (nSPS) is 11.9. The highest BCUT2D eigenvalue weighted by Gasteiger charge is 2.26. The number of amides is 1. The van der Waals surface area contributed by atoms with Crippen molar-refractivity contribution in [3.63, 3.8) is 0 Å². The van der Waals surface area contributed by atoms with Crippen LogP contribution >= 0.6 is 11.6 Å². The zero-order valence-corrected chi connectivity index (χ0v) is 18.8. The lowest BCUT2D eigenvalue weighted by molar-refractivity contribution is -0.148. The van der Waals surface area contributed by atoms with Gasteiger partial charge in [0.15, 0.2) is 0 Å². The van der Waals surface area contributed by atoms with Crippen LogP contribution < -0.4 is 15.6 Å². The van der Waals surface area contributed by atoms with Crippen LogP contribution in [0.5, 0.6) is 5.75 Å². The van der Waals surface area contributed by atoms with Crippen molar-refractivity contribution in [3.05, 3.63) is 75.3 Å². The molecule has 1 N–H and O–H groups in total. The van der Waals surface area contributed by atoms with Gasteiger partial charge >= 0.3 is 5.97 Å². The van der Waals surface area contributed by atoms with Crippen molar-refractivity contribution in [2.45, 2.75) is 33.4 Å². The lowest BCUT2D eigenvalue weighted by atomic mass is 10.0. The smallest absolute Gasteiger partial charge is 0.329 e. The van der Waals surface area contributed by atoms with Crippen molar-refractivity contribution >= 4 is 29.1 Å². The van der Waals surface area contributed by atoms with Crippen LogP contribution in [0.3, 0.4) is 0 Å². The Morgan fingerprint density at radius 2 is 1.88 bits per heavy atom. The first-order valence-electron chi connectivity index (χ1n) is 10.2. The molecule has 9 heteroatoms. The molecule has 0 saturated carbocycles. The Balaban J connectivity index is 1.67. The molecular formula is C23H24ClN3O5. The van der Waals surface area contributed by atoms with E-state index in [1.165, 1.54) is 16.7 Å². The van der Waals surface area contributed by atoms with E-state index in [1.807, 2.05) is 6.92 Å². The van der Waals surface area contributed by atoms with Crippen LogP contribution in [-0.2, 0) is 16.1 Å². The van der Waals surface area contributed by atoms with Gasteiger partial charge in [-0.1, -0.05) is 25.4 Å². The van der Waals surface area contributed by atoms with Crippen LogP contribution in [0.2, 0.25) is 5.02 Å². The van der Waals surface area contributed by atoms with Crippen molar-refractivity contribution < 1.29 is 19.1 Å². The topological polar surface area (TPSA) is 99.0 Å². The number of rotatable bonds is 8. The fraction of sp³-hybridized carbons (Fsp3) is 0.304. The molecule has 1 amide bonds. The molecule has 0 radical (unpaired) electrons. The number of nitrogens with zero attached hydrogens (tertiary/aromatic N) is 2. The van der Waals surface area contributed by atoms with Crippen LogP contribution in [-0.4, -0.2) is 33.9 Å². The average Bonchev–Trinajstić information content (AvgIpc) is 2.76. The highest BCUT2D eigenvalue weighted by Crippen LogP contribution is 2.14. The van der Waals surface area contributed by atoms with E-state index in [1.54, 1.807) is 50.2 Å². The summed E-state index contributed by atoms with van der Waals surface area (Å²) < 4.78 is 12.0. The minimum Gasteiger partial charge on any atom is -0.494 e. The summed E-state index contributed by atoms with van der Waals surface area (Å²) in [6, 6.07) is 10.3. The highest BCUT2D eigenvalue weighted by molar-refractivity contribution is 6.30. The molecule has 1 aromatic carbocycles. The standard InChI is InChI=1S/C23H24ClN3O5/c1-4-31-18-8-5-15(6-9-18)22(29)26-21(14(2)3)23(30)32-13-17-11-20(28)27-12-16(24)7-10-19(27)25-17/h5-12,14,21H,4,13H2,1-3H3,(H,26,29)/t21-/m0/s1. The molecule has 0 fully saturated rings. The maximum atomic E-state index is 12.7. The van der Waals surface area contributed by atoms with Crippen LogP contribution in [0, 0.1) is 5.92 Å². The lowest BCUT2D eigenvalue weighted by Crippen LogP contribution is -2.45. The van der Waals surface area contributed by atoms with Crippen LogP contribution in [0.15, 0.2) is 53.5 Å². The summed E-state index contributed by atoms with van der Waals surface area (Å²) in [7, 11) is 0. The minimum absolute atomic E-state index is 0.199. The fourth-order valence-electron chi connectivity index (χ4n) is 3.03. The van der Waals surface area contributed by atoms with Gasteiger partial charge in [-0.05, 0) is 49.2 Å². The van der Waals surface area contributed by atoms with Crippen LogP contribution in [0.4, 0.5) is 0 Å². The number of hydrogen-bond donors (Lipinski definition) is 1. The Labute approximate surface area is 190 Å². The largest absolute Gasteiger partial charge is 0.494 e. The summed E-state index contributed by atoms with van der Waals surface area (Å²) in [4.78, 5) is 41.8. The van der Waals surface area contributed by atoms with Gasteiger partial charge in [-0.3, -0.25) is 14.0 Å². The number of halogens is 1. The van der Waals surface area contributed by atoms with Gasteiger partial charge in [0.05, 0.1) is 17.3 Å². The van der Waals surface area contributed by atoms with E-state index in [9.17, 15) is 14.4 Å². The predicted octanol–water partition coefficient (Wildman–Crippen LogP) is 3.24. The maximum absolute atomic E-state index is 12.7. The number of fused-ring (bicyclic) bond motifs is 1. The fourth-order valence-corrected chi connectivity index (χ4v) is 3.19. The molecule has 2 heterocycles. The van der Waals surface area contributed by atoms with Crippen molar-refractivity contribution in [2.75, 3.05) is 6.61 Å². The lowest BCUT2D eigenvalue weighted by Gasteiger charge is -2.21. The number of benzene rings is 1. The third-order valence-electron chi connectivity index (χ3n) is 4.67. The zero-order chi connectivity index (χ0) is 23.3. The summed E-state index contributed by atoms with van der Waals surface area (Å²) in [6.45, 7) is 5.80.